The molecule has 0 saturated carbocycles. The molecule has 4 amide bonds. The third-order valence-corrected chi connectivity index (χ3v) is 4.04. The highest BCUT2D eigenvalue weighted by atomic mass is 35.5. The lowest BCUT2D eigenvalue weighted by Crippen LogP contribution is -2.52. The highest BCUT2D eigenvalue weighted by Gasteiger charge is 2.33. The van der Waals surface area contributed by atoms with E-state index in [0.717, 1.165) is 5.56 Å². The average molecular weight is 426 g/mol. The predicted octanol–water partition coefficient (Wildman–Crippen LogP) is 2.00. The van der Waals surface area contributed by atoms with Gasteiger partial charge in [-0.25, -0.2) is 4.39 Å². The molecule has 0 radical (unpaired) electrons. The Morgan fingerprint density at radius 1 is 1.17 bits per heavy atom. The molecule has 7 nitrogen and oxygen atoms in total. The zero-order valence-electron chi connectivity index (χ0n) is 16.3. The molecule has 0 aliphatic heterocycles. The van der Waals surface area contributed by atoms with Crippen molar-refractivity contribution in [1.29, 1.82) is 0 Å². The molecule has 9 heteroatoms. The summed E-state index contributed by atoms with van der Waals surface area (Å²) in [4.78, 5) is 48.7. The number of carbonyl (C=O) groups is 4. The van der Waals surface area contributed by atoms with Crippen LogP contribution in [0.4, 0.5) is 4.39 Å². The van der Waals surface area contributed by atoms with Crippen molar-refractivity contribution in [1.82, 2.24) is 10.2 Å². The second kappa shape index (κ2) is 12.0. The van der Waals surface area contributed by atoms with Crippen LogP contribution in [0.2, 0.25) is 0 Å². The van der Waals surface area contributed by atoms with Gasteiger partial charge in [-0.2, -0.15) is 0 Å². The Bertz CT molecular complexity index is 753. The summed E-state index contributed by atoms with van der Waals surface area (Å²) < 4.78 is 13.3. The van der Waals surface area contributed by atoms with Crippen molar-refractivity contribution in [2.75, 3.05) is 6.54 Å². The SMILES string of the molecule is CC(C)C[C@H](NC(=O)/C=C/c1ccccc1)C(=O)N(CCC(N)=O)C(=O)[C@H](F)Cl. The molecule has 1 aromatic carbocycles. The minimum Gasteiger partial charge on any atom is -0.370 e. The van der Waals surface area contributed by atoms with Gasteiger partial charge in [-0.15, -0.1) is 0 Å². The fourth-order valence-electron chi connectivity index (χ4n) is 2.51. The van der Waals surface area contributed by atoms with Crippen molar-refractivity contribution in [3.05, 3.63) is 42.0 Å². The Morgan fingerprint density at radius 2 is 1.79 bits per heavy atom. The van der Waals surface area contributed by atoms with E-state index in [-0.39, 0.29) is 18.8 Å². The summed E-state index contributed by atoms with van der Waals surface area (Å²) in [5, 5.41) is 2.53. The maximum Gasteiger partial charge on any atom is 0.279 e. The van der Waals surface area contributed by atoms with Gasteiger partial charge in [0.1, 0.15) is 6.04 Å². The van der Waals surface area contributed by atoms with Crippen LogP contribution in [0.25, 0.3) is 6.08 Å². The first-order valence-corrected chi connectivity index (χ1v) is 9.50. The molecular formula is C20H25ClFN3O4. The number of hydrogen-bond acceptors (Lipinski definition) is 4. The Balaban J connectivity index is 2.98. The molecule has 0 heterocycles. The van der Waals surface area contributed by atoms with Gasteiger partial charge in [-0.1, -0.05) is 55.8 Å². The molecule has 1 aromatic rings. The van der Waals surface area contributed by atoms with Gasteiger partial charge in [-0.05, 0) is 24.0 Å². The van der Waals surface area contributed by atoms with Crippen molar-refractivity contribution in [3.63, 3.8) is 0 Å². The molecule has 2 atom stereocenters. The van der Waals surface area contributed by atoms with Gasteiger partial charge in [0.05, 0.1) is 0 Å². The first kappa shape index (κ1) is 24.3. The number of alkyl halides is 2. The van der Waals surface area contributed by atoms with Crippen molar-refractivity contribution >= 4 is 41.3 Å². The fraction of sp³-hybridized carbons (Fsp3) is 0.400. The number of primary amides is 1. The number of amides is 4. The second-order valence-electron chi connectivity index (χ2n) is 6.78. The Hall–Kier alpha value is -2.74. The topological polar surface area (TPSA) is 110 Å². The summed E-state index contributed by atoms with van der Waals surface area (Å²) >= 11 is 5.19. The maximum absolute atomic E-state index is 13.3. The molecule has 0 unspecified atom stereocenters. The summed E-state index contributed by atoms with van der Waals surface area (Å²) in [6.07, 6.45) is 2.67. The third-order valence-electron chi connectivity index (χ3n) is 3.85. The zero-order valence-corrected chi connectivity index (χ0v) is 17.1. The van der Waals surface area contributed by atoms with Crippen LogP contribution in [0.1, 0.15) is 32.3 Å². The first-order valence-electron chi connectivity index (χ1n) is 9.07. The Kier molecular flexibility index (Phi) is 10.0. The number of carbonyl (C=O) groups excluding carboxylic acids is 4. The lowest BCUT2D eigenvalue weighted by Gasteiger charge is -2.27. The van der Waals surface area contributed by atoms with Gasteiger partial charge in [0, 0.05) is 19.0 Å². The molecule has 0 spiro atoms. The van der Waals surface area contributed by atoms with Crippen molar-refractivity contribution in [3.8, 4) is 0 Å². The summed E-state index contributed by atoms with van der Waals surface area (Å²) in [7, 11) is 0. The normalized spacial score (nSPS) is 13.1. The highest BCUT2D eigenvalue weighted by Crippen LogP contribution is 2.12. The van der Waals surface area contributed by atoms with E-state index in [2.05, 4.69) is 5.32 Å². The van der Waals surface area contributed by atoms with E-state index in [0.29, 0.717) is 4.90 Å². The number of hydrogen-bond donors (Lipinski definition) is 2. The minimum atomic E-state index is -2.46. The monoisotopic (exact) mass is 425 g/mol. The minimum absolute atomic E-state index is 0.0207. The molecule has 0 bridgehead atoms. The molecule has 0 saturated heterocycles. The van der Waals surface area contributed by atoms with E-state index in [1.165, 1.54) is 6.08 Å². The van der Waals surface area contributed by atoms with Crippen molar-refractivity contribution in [2.45, 2.75) is 38.4 Å². The smallest absolute Gasteiger partial charge is 0.279 e. The van der Waals surface area contributed by atoms with Crippen LogP contribution in [0.15, 0.2) is 36.4 Å². The molecule has 0 aliphatic rings. The number of nitrogens with one attached hydrogen (secondary N) is 1. The second-order valence-corrected chi connectivity index (χ2v) is 7.16. The van der Waals surface area contributed by atoms with Crippen LogP contribution < -0.4 is 11.1 Å². The largest absolute Gasteiger partial charge is 0.370 e. The van der Waals surface area contributed by atoms with Crippen LogP contribution in [-0.4, -0.2) is 46.7 Å². The van der Waals surface area contributed by atoms with Gasteiger partial charge in [0.15, 0.2) is 0 Å². The standard InChI is InChI=1S/C20H25ClFN3O4/c1-13(2)12-15(24-17(27)9-8-14-6-4-3-5-7-14)19(28)25(11-10-16(23)26)20(29)18(21)22/h3-9,13,15,18H,10-12H2,1-2H3,(H2,23,26)(H,24,27)/b9-8+/t15-,18-/m0/s1. The van der Waals surface area contributed by atoms with Crippen molar-refractivity contribution < 1.29 is 23.6 Å². The van der Waals surface area contributed by atoms with Crippen LogP contribution >= 0.6 is 11.6 Å². The quantitative estimate of drug-likeness (QED) is 0.441. The molecule has 3 N–H and O–H groups in total. The molecule has 1 rings (SSSR count). The Morgan fingerprint density at radius 3 is 2.31 bits per heavy atom. The molecular weight excluding hydrogens is 401 g/mol. The van der Waals surface area contributed by atoms with Gasteiger partial charge in [0.2, 0.25) is 11.8 Å². The number of imide groups is 1. The summed E-state index contributed by atoms with van der Waals surface area (Å²) in [6, 6.07) is 7.95. The highest BCUT2D eigenvalue weighted by molar-refractivity contribution is 6.30. The van der Waals surface area contributed by atoms with E-state index in [1.807, 2.05) is 32.0 Å². The van der Waals surface area contributed by atoms with Gasteiger partial charge >= 0.3 is 0 Å². The van der Waals surface area contributed by atoms with E-state index in [4.69, 9.17) is 17.3 Å². The van der Waals surface area contributed by atoms with E-state index in [9.17, 15) is 23.6 Å². The summed E-state index contributed by atoms with van der Waals surface area (Å²) in [6.45, 7) is 3.22. The lowest BCUT2D eigenvalue weighted by atomic mass is 10.0. The number of nitrogens with two attached hydrogens (primary N) is 1. The van der Waals surface area contributed by atoms with Gasteiger partial charge < -0.3 is 11.1 Å². The zero-order chi connectivity index (χ0) is 22.0. The fourth-order valence-corrected chi connectivity index (χ4v) is 2.62. The molecule has 0 aliphatic carbocycles. The van der Waals surface area contributed by atoms with Crippen LogP contribution in [0, 0.1) is 5.92 Å². The lowest BCUT2D eigenvalue weighted by molar-refractivity contribution is -0.149. The number of nitrogens with zero attached hydrogens (tertiary/aromatic N) is 1. The molecule has 0 aromatic heterocycles. The van der Waals surface area contributed by atoms with E-state index >= 15 is 0 Å². The van der Waals surface area contributed by atoms with Crippen molar-refractivity contribution in [2.24, 2.45) is 11.7 Å². The molecule has 158 valence electrons. The Labute approximate surface area is 174 Å². The third kappa shape index (κ3) is 8.87. The van der Waals surface area contributed by atoms with Crippen LogP contribution in [0.3, 0.4) is 0 Å². The van der Waals surface area contributed by atoms with E-state index < -0.39 is 41.8 Å². The molecule has 0 fully saturated rings. The first-order chi connectivity index (χ1) is 13.6. The summed E-state index contributed by atoms with van der Waals surface area (Å²) in [5.41, 5.74) is 3.38. The maximum atomic E-state index is 13.3. The summed E-state index contributed by atoms with van der Waals surface area (Å²) in [5.74, 6) is -3.50. The van der Waals surface area contributed by atoms with Crippen LogP contribution in [0.5, 0.6) is 0 Å². The number of halogens is 2. The predicted molar refractivity (Wildman–Crippen MR) is 108 cm³/mol. The number of rotatable bonds is 10. The van der Waals surface area contributed by atoms with Gasteiger partial charge in [0.25, 0.3) is 17.4 Å². The van der Waals surface area contributed by atoms with E-state index in [1.54, 1.807) is 18.2 Å². The van der Waals surface area contributed by atoms with Crippen LogP contribution in [-0.2, 0) is 19.2 Å². The number of benzene rings is 1. The average Bonchev–Trinajstić information content (AvgIpc) is 2.65. The van der Waals surface area contributed by atoms with Gasteiger partial charge in [-0.3, -0.25) is 24.1 Å². The molecule has 29 heavy (non-hydrogen) atoms.